The van der Waals surface area contributed by atoms with Crippen LogP contribution in [0.3, 0.4) is 0 Å². The monoisotopic (exact) mass is 639 g/mol. The SMILES string of the molecule is COc1ccc2c(c1)C=C(C(=O)N1CCN(c3ncccn3)CC1)Cn1c-2c(C2CCCCC2)c2ccc(C(=O)NS(=O)[O-])cc21. The number of piperazine rings is 1. The van der Waals surface area contributed by atoms with Gasteiger partial charge in [0.15, 0.2) is 0 Å². The Morgan fingerprint density at radius 1 is 1.00 bits per heavy atom. The van der Waals surface area contributed by atoms with Crippen molar-refractivity contribution in [2.75, 3.05) is 38.2 Å². The summed E-state index contributed by atoms with van der Waals surface area (Å²) in [6.07, 6.45) is 11.0. The maximum absolute atomic E-state index is 14.3. The Morgan fingerprint density at radius 2 is 1.76 bits per heavy atom. The molecule has 1 N–H and O–H groups in total. The zero-order chi connectivity index (χ0) is 31.8. The molecule has 0 radical (unpaired) electrons. The lowest BCUT2D eigenvalue weighted by Gasteiger charge is -2.35. The highest BCUT2D eigenvalue weighted by Gasteiger charge is 2.32. The van der Waals surface area contributed by atoms with E-state index < -0.39 is 17.2 Å². The van der Waals surface area contributed by atoms with Gasteiger partial charge in [-0.05, 0) is 72.4 Å². The molecular weight excluding hydrogens is 604 g/mol. The number of benzene rings is 2. The van der Waals surface area contributed by atoms with Crippen LogP contribution >= 0.6 is 0 Å². The van der Waals surface area contributed by atoms with E-state index in [1.54, 1.807) is 37.7 Å². The third-order valence-corrected chi connectivity index (χ3v) is 9.76. The van der Waals surface area contributed by atoms with Crippen molar-refractivity contribution < 1.29 is 23.1 Å². The number of hydrogen-bond acceptors (Lipinski definition) is 8. The van der Waals surface area contributed by atoms with E-state index >= 15 is 0 Å². The predicted molar refractivity (Wildman–Crippen MR) is 175 cm³/mol. The highest BCUT2D eigenvalue weighted by atomic mass is 32.2. The molecule has 4 heterocycles. The molecule has 1 saturated carbocycles. The van der Waals surface area contributed by atoms with Crippen LogP contribution in [0.2, 0.25) is 0 Å². The zero-order valence-electron chi connectivity index (χ0n) is 25.6. The highest BCUT2D eigenvalue weighted by molar-refractivity contribution is 7.77. The van der Waals surface area contributed by atoms with Crippen LogP contribution < -0.4 is 14.4 Å². The minimum atomic E-state index is -2.73. The lowest BCUT2D eigenvalue weighted by molar-refractivity contribution is -0.127. The van der Waals surface area contributed by atoms with Gasteiger partial charge in [0.2, 0.25) is 5.95 Å². The Hall–Kier alpha value is -4.55. The molecule has 7 rings (SSSR count). The molecule has 2 aromatic heterocycles. The predicted octanol–water partition coefficient (Wildman–Crippen LogP) is 4.42. The van der Waals surface area contributed by atoms with Crippen molar-refractivity contribution in [3.63, 3.8) is 0 Å². The Bertz CT molecular complexity index is 1860. The number of nitrogens with zero attached hydrogens (tertiary/aromatic N) is 5. The van der Waals surface area contributed by atoms with Gasteiger partial charge in [0.1, 0.15) is 5.75 Å². The number of nitrogens with one attached hydrogen (secondary N) is 1. The minimum absolute atomic E-state index is 0.0491. The van der Waals surface area contributed by atoms with Crippen LogP contribution in [-0.2, 0) is 22.6 Å². The molecule has 12 heteroatoms. The first-order valence-electron chi connectivity index (χ1n) is 15.7. The summed E-state index contributed by atoms with van der Waals surface area (Å²) in [6, 6.07) is 13.1. The summed E-state index contributed by atoms with van der Waals surface area (Å²) in [5, 5.41) is 1.02. The summed E-state index contributed by atoms with van der Waals surface area (Å²) < 4.78 is 32.3. The van der Waals surface area contributed by atoms with Gasteiger partial charge in [0.25, 0.3) is 11.8 Å². The second kappa shape index (κ2) is 12.7. The first-order valence-corrected chi connectivity index (χ1v) is 16.8. The Labute approximate surface area is 269 Å². The summed E-state index contributed by atoms with van der Waals surface area (Å²) in [7, 11) is 1.64. The molecule has 1 saturated heterocycles. The fourth-order valence-corrected chi connectivity index (χ4v) is 7.48. The molecule has 1 unspecified atom stereocenters. The van der Waals surface area contributed by atoms with Crippen molar-refractivity contribution in [2.45, 2.75) is 44.6 Å². The average molecular weight is 640 g/mol. The number of fused-ring (bicyclic) bond motifs is 5. The van der Waals surface area contributed by atoms with Crippen LogP contribution in [0.4, 0.5) is 5.95 Å². The van der Waals surface area contributed by atoms with Crippen LogP contribution in [0, 0.1) is 0 Å². The quantitative estimate of drug-likeness (QED) is 0.307. The summed E-state index contributed by atoms with van der Waals surface area (Å²) in [6.45, 7) is 2.60. The van der Waals surface area contributed by atoms with Crippen LogP contribution in [0.25, 0.3) is 28.2 Å². The second-order valence-corrected chi connectivity index (χ2v) is 12.7. The molecule has 2 aromatic carbocycles. The summed E-state index contributed by atoms with van der Waals surface area (Å²) in [5.41, 5.74) is 5.82. The third-order valence-electron chi connectivity index (χ3n) is 9.40. The van der Waals surface area contributed by atoms with E-state index in [-0.39, 0.29) is 11.5 Å². The van der Waals surface area contributed by atoms with E-state index in [2.05, 4.69) is 25.5 Å². The Kier molecular flexibility index (Phi) is 8.31. The number of carbonyl (C=O) groups is 2. The average Bonchev–Trinajstić information content (AvgIpc) is 3.30. The minimum Gasteiger partial charge on any atom is -0.755 e. The molecule has 4 aromatic rings. The maximum Gasteiger partial charge on any atom is 0.262 e. The largest absolute Gasteiger partial charge is 0.755 e. The first kappa shape index (κ1) is 30.1. The van der Waals surface area contributed by atoms with Gasteiger partial charge in [-0.25, -0.2) is 9.97 Å². The summed E-state index contributed by atoms with van der Waals surface area (Å²) in [5.74, 6) is 0.930. The molecule has 46 heavy (non-hydrogen) atoms. The van der Waals surface area contributed by atoms with Gasteiger partial charge in [0.05, 0.1) is 19.3 Å². The number of amides is 2. The van der Waals surface area contributed by atoms with Crippen molar-refractivity contribution in [3.8, 4) is 17.0 Å². The third kappa shape index (κ3) is 5.67. The van der Waals surface area contributed by atoms with Gasteiger partial charge in [-0.1, -0.05) is 25.3 Å². The molecule has 238 valence electrons. The van der Waals surface area contributed by atoms with Crippen molar-refractivity contribution in [1.29, 1.82) is 0 Å². The topological polar surface area (TPSA) is 133 Å². The lowest BCUT2D eigenvalue weighted by Crippen LogP contribution is -2.49. The number of carbonyl (C=O) groups excluding carboxylic acids is 2. The number of ether oxygens (including phenoxy) is 1. The Balaban J connectivity index is 1.33. The molecule has 3 aliphatic rings. The fourth-order valence-electron chi connectivity index (χ4n) is 7.21. The van der Waals surface area contributed by atoms with Crippen molar-refractivity contribution in [3.05, 3.63) is 77.1 Å². The van der Waals surface area contributed by atoms with Crippen LogP contribution in [0.1, 0.15) is 59.5 Å². The van der Waals surface area contributed by atoms with Crippen LogP contribution in [0.15, 0.2) is 60.4 Å². The molecule has 1 aliphatic carbocycles. The number of hydrogen-bond donors (Lipinski definition) is 1. The van der Waals surface area contributed by atoms with E-state index in [1.807, 2.05) is 33.9 Å². The number of rotatable bonds is 6. The first-order chi connectivity index (χ1) is 22.4. The molecule has 2 amide bonds. The Morgan fingerprint density at radius 3 is 2.48 bits per heavy atom. The zero-order valence-corrected chi connectivity index (χ0v) is 26.4. The van der Waals surface area contributed by atoms with Gasteiger partial charge in [0, 0.05) is 77.4 Å². The normalized spacial score (nSPS) is 17.5. The standard InChI is InChI=1S/C34H36N6O5S/c1-45-26-9-11-27-24(19-26)18-25(33(42)38-14-16-39(17-15-38)34-35-12-5-13-36-34)21-40-29-20-23(32(41)37-46(43)44)8-10-28(29)30(31(27)40)22-6-3-2-4-7-22/h5,8-13,18-20,22H,2-4,6-7,14-17,21H2,1H3,(H,37,41)(H,43,44)/p-1. The molecule has 2 aliphatic heterocycles. The van der Waals surface area contributed by atoms with Crippen molar-refractivity contribution in [1.82, 2.24) is 24.2 Å². The molecule has 11 nitrogen and oxygen atoms in total. The molecule has 1 atom stereocenters. The van der Waals surface area contributed by atoms with E-state index in [0.29, 0.717) is 55.9 Å². The lowest BCUT2D eigenvalue weighted by atomic mass is 9.81. The van der Waals surface area contributed by atoms with E-state index in [1.165, 1.54) is 12.0 Å². The summed E-state index contributed by atoms with van der Waals surface area (Å²) in [4.78, 5) is 39.8. The van der Waals surface area contributed by atoms with Crippen molar-refractivity contribution in [2.24, 2.45) is 0 Å². The maximum atomic E-state index is 14.3. The van der Waals surface area contributed by atoms with E-state index in [0.717, 1.165) is 53.4 Å². The molecule has 0 bridgehead atoms. The van der Waals surface area contributed by atoms with Crippen molar-refractivity contribution >= 4 is 46.0 Å². The smallest absolute Gasteiger partial charge is 0.262 e. The second-order valence-electron chi connectivity index (χ2n) is 12.0. The van der Waals surface area contributed by atoms with E-state index in [4.69, 9.17) is 4.74 Å². The number of aromatic nitrogens is 3. The van der Waals surface area contributed by atoms with Gasteiger partial charge in [-0.2, -0.15) is 0 Å². The van der Waals surface area contributed by atoms with Gasteiger partial charge < -0.3 is 23.7 Å². The van der Waals surface area contributed by atoms with Gasteiger partial charge in [-0.3, -0.25) is 18.5 Å². The van der Waals surface area contributed by atoms with Gasteiger partial charge in [-0.15, -0.1) is 0 Å². The van der Waals surface area contributed by atoms with Crippen LogP contribution in [-0.4, -0.2) is 73.3 Å². The fraction of sp³-hybridized carbons (Fsp3) is 0.353. The number of methoxy groups -OCH3 is 1. The molecule has 2 fully saturated rings. The molecular formula is C34H35N6O5S-. The van der Waals surface area contributed by atoms with E-state index in [9.17, 15) is 18.4 Å². The summed E-state index contributed by atoms with van der Waals surface area (Å²) >= 11 is -2.73. The molecule has 0 spiro atoms. The van der Waals surface area contributed by atoms with Crippen LogP contribution in [0.5, 0.6) is 5.75 Å². The van der Waals surface area contributed by atoms with Gasteiger partial charge >= 0.3 is 0 Å². The highest BCUT2D eigenvalue weighted by Crippen LogP contribution is 2.47. The number of anilines is 1.